The zero-order valence-corrected chi connectivity index (χ0v) is 8.38. The lowest BCUT2D eigenvalue weighted by molar-refractivity contribution is 0.104. The Kier molecular flexibility index (Phi) is 4.88. The van der Waals surface area contributed by atoms with Gasteiger partial charge < -0.3 is 10.1 Å². The molecule has 0 saturated carbocycles. The highest BCUT2D eigenvalue weighted by atomic mass is 16.5. The van der Waals surface area contributed by atoms with E-state index in [9.17, 15) is 0 Å². The van der Waals surface area contributed by atoms with Gasteiger partial charge in [-0.1, -0.05) is 12.8 Å². The van der Waals surface area contributed by atoms with Gasteiger partial charge in [0.2, 0.25) is 0 Å². The summed E-state index contributed by atoms with van der Waals surface area (Å²) in [5.74, 6) is 2.73. The van der Waals surface area contributed by atoms with Gasteiger partial charge in [-0.05, 0) is 32.2 Å². The zero-order chi connectivity index (χ0) is 9.52. The van der Waals surface area contributed by atoms with Gasteiger partial charge in [-0.2, -0.15) is 0 Å². The first kappa shape index (κ1) is 10.6. The summed E-state index contributed by atoms with van der Waals surface area (Å²) >= 11 is 0. The second-order valence-corrected chi connectivity index (χ2v) is 3.51. The molecule has 0 aromatic rings. The van der Waals surface area contributed by atoms with Gasteiger partial charge in [-0.3, -0.25) is 0 Å². The molecule has 0 bridgehead atoms. The first-order valence-corrected chi connectivity index (χ1v) is 5.18. The Hall–Kier alpha value is -0.520. The standard InChI is InChI=1S/C11H19NO/c1-3-10(4-2)12-8-7-11-6-5-9-13-11/h1,10-12H,4-9H2,2H3. The summed E-state index contributed by atoms with van der Waals surface area (Å²) in [5.41, 5.74) is 0. The maximum absolute atomic E-state index is 5.51. The van der Waals surface area contributed by atoms with Crippen LogP contribution in [0.1, 0.15) is 32.6 Å². The minimum absolute atomic E-state index is 0.237. The summed E-state index contributed by atoms with van der Waals surface area (Å²) in [6.45, 7) is 4.02. The van der Waals surface area contributed by atoms with Crippen LogP contribution in [0.4, 0.5) is 0 Å². The van der Waals surface area contributed by atoms with Crippen LogP contribution in [0, 0.1) is 12.3 Å². The van der Waals surface area contributed by atoms with Crippen LogP contribution in [0.15, 0.2) is 0 Å². The Bertz CT molecular complexity index is 167. The maximum Gasteiger partial charge on any atom is 0.0684 e. The van der Waals surface area contributed by atoms with Crippen LogP contribution in [-0.2, 0) is 4.74 Å². The van der Waals surface area contributed by atoms with E-state index in [-0.39, 0.29) is 6.04 Å². The van der Waals surface area contributed by atoms with Crippen molar-refractivity contribution in [2.24, 2.45) is 0 Å². The van der Waals surface area contributed by atoms with Crippen molar-refractivity contribution in [3.8, 4) is 12.3 Å². The van der Waals surface area contributed by atoms with Gasteiger partial charge in [-0.25, -0.2) is 0 Å². The minimum atomic E-state index is 0.237. The third kappa shape index (κ3) is 3.80. The molecule has 74 valence electrons. The lowest BCUT2D eigenvalue weighted by Gasteiger charge is -2.13. The number of rotatable bonds is 5. The summed E-state index contributed by atoms with van der Waals surface area (Å²) < 4.78 is 5.51. The summed E-state index contributed by atoms with van der Waals surface area (Å²) in [6.07, 6.45) is 10.3. The van der Waals surface area contributed by atoms with Crippen molar-refractivity contribution in [3.63, 3.8) is 0 Å². The molecule has 1 rings (SSSR count). The summed E-state index contributed by atoms with van der Waals surface area (Å²) in [7, 11) is 0. The van der Waals surface area contributed by atoms with Gasteiger partial charge in [-0.15, -0.1) is 6.42 Å². The molecule has 1 saturated heterocycles. The van der Waals surface area contributed by atoms with Crippen LogP contribution < -0.4 is 5.32 Å². The first-order valence-electron chi connectivity index (χ1n) is 5.18. The van der Waals surface area contributed by atoms with Crippen molar-refractivity contribution >= 4 is 0 Å². The summed E-state index contributed by atoms with van der Waals surface area (Å²) in [6, 6.07) is 0.237. The summed E-state index contributed by atoms with van der Waals surface area (Å²) in [5, 5.41) is 3.33. The zero-order valence-electron chi connectivity index (χ0n) is 8.38. The Morgan fingerprint density at radius 3 is 3.08 bits per heavy atom. The normalized spacial score (nSPS) is 24.2. The fraction of sp³-hybridized carbons (Fsp3) is 0.818. The number of terminal acetylenes is 1. The van der Waals surface area contributed by atoms with Gasteiger partial charge in [0.15, 0.2) is 0 Å². The minimum Gasteiger partial charge on any atom is -0.378 e. The molecule has 1 aliphatic heterocycles. The highest BCUT2D eigenvalue weighted by Crippen LogP contribution is 2.14. The fourth-order valence-electron chi connectivity index (χ4n) is 1.61. The van der Waals surface area contributed by atoms with E-state index in [2.05, 4.69) is 18.2 Å². The molecule has 13 heavy (non-hydrogen) atoms. The van der Waals surface area contributed by atoms with E-state index < -0.39 is 0 Å². The molecule has 1 N–H and O–H groups in total. The van der Waals surface area contributed by atoms with Crippen molar-refractivity contribution in [1.82, 2.24) is 5.32 Å². The molecule has 2 atom stereocenters. The van der Waals surface area contributed by atoms with Crippen LogP contribution in [-0.4, -0.2) is 25.3 Å². The summed E-state index contributed by atoms with van der Waals surface area (Å²) in [4.78, 5) is 0. The molecule has 1 aliphatic rings. The molecule has 0 aliphatic carbocycles. The number of ether oxygens (including phenoxy) is 1. The van der Waals surface area contributed by atoms with E-state index in [1.807, 2.05) is 0 Å². The smallest absolute Gasteiger partial charge is 0.0684 e. The van der Waals surface area contributed by atoms with Gasteiger partial charge in [0, 0.05) is 6.61 Å². The number of nitrogens with one attached hydrogen (secondary N) is 1. The molecular weight excluding hydrogens is 162 g/mol. The van der Waals surface area contributed by atoms with E-state index in [4.69, 9.17) is 11.2 Å². The van der Waals surface area contributed by atoms with Gasteiger partial charge in [0.1, 0.15) is 0 Å². The van der Waals surface area contributed by atoms with E-state index in [0.29, 0.717) is 6.10 Å². The monoisotopic (exact) mass is 181 g/mol. The molecule has 0 aromatic heterocycles. The van der Waals surface area contributed by atoms with Gasteiger partial charge in [0.25, 0.3) is 0 Å². The quantitative estimate of drug-likeness (QED) is 0.650. The second-order valence-electron chi connectivity index (χ2n) is 3.51. The first-order chi connectivity index (χ1) is 6.36. The predicted molar refractivity (Wildman–Crippen MR) is 54.5 cm³/mol. The van der Waals surface area contributed by atoms with Gasteiger partial charge >= 0.3 is 0 Å². The van der Waals surface area contributed by atoms with Crippen LogP contribution >= 0.6 is 0 Å². The maximum atomic E-state index is 5.51. The Morgan fingerprint density at radius 2 is 2.54 bits per heavy atom. The number of hydrogen-bond donors (Lipinski definition) is 1. The topological polar surface area (TPSA) is 21.3 Å². The molecule has 1 heterocycles. The molecular formula is C11H19NO. The second kappa shape index (κ2) is 6.01. The molecule has 2 heteroatoms. The Labute approximate surface area is 81.0 Å². The van der Waals surface area contributed by atoms with Crippen molar-refractivity contribution in [1.29, 1.82) is 0 Å². The van der Waals surface area contributed by atoms with Crippen molar-refractivity contribution in [2.75, 3.05) is 13.2 Å². The molecule has 0 radical (unpaired) electrons. The predicted octanol–water partition coefficient (Wildman–Crippen LogP) is 1.56. The third-order valence-corrected chi connectivity index (χ3v) is 2.49. The lowest BCUT2D eigenvalue weighted by atomic mass is 10.1. The highest BCUT2D eigenvalue weighted by molar-refractivity contribution is 4.97. The van der Waals surface area contributed by atoms with E-state index in [0.717, 1.165) is 26.0 Å². The van der Waals surface area contributed by atoms with E-state index in [1.165, 1.54) is 12.8 Å². The number of hydrogen-bond acceptors (Lipinski definition) is 2. The molecule has 2 nitrogen and oxygen atoms in total. The third-order valence-electron chi connectivity index (χ3n) is 2.49. The highest BCUT2D eigenvalue weighted by Gasteiger charge is 2.14. The van der Waals surface area contributed by atoms with E-state index in [1.54, 1.807) is 0 Å². The van der Waals surface area contributed by atoms with Crippen molar-refractivity contribution in [2.45, 2.75) is 44.8 Å². The molecule has 0 aromatic carbocycles. The average Bonchev–Trinajstić information content (AvgIpc) is 2.65. The van der Waals surface area contributed by atoms with Crippen molar-refractivity contribution in [3.05, 3.63) is 0 Å². The van der Waals surface area contributed by atoms with Crippen LogP contribution in [0.5, 0.6) is 0 Å². The Morgan fingerprint density at radius 1 is 1.69 bits per heavy atom. The van der Waals surface area contributed by atoms with Crippen LogP contribution in [0.25, 0.3) is 0 Å². The fourth-order valence-corrected chi connectivity index (χ4v) is 1.61. The van der Waals surface area contributed by atoms with Gasteiger partial charge in [0.05, 0.1) is 12.1 Å². The van der Waals surface area contributed by atoms with Crippen LogP contribution in [0.2, 0.25) is 0 Å². The average molecular weight is 181 g/mol. The largest absolute Gasteiger partial charge is 0.378 e. The molecule has 1 fully saturated rings. The lowest BCUT2D eigenvalue weighted by Crippen LogP contribution is -2.29. The van der Waals surface area contributed by atoms with E-state index >= 15 is 0 Å². The SMILES string of the molecule is C#CC(CC)NCCC1CCCO1. The van der Waals surface area contributed by atoms with Crippen molar-refractivity contribution < 1.29 is 4.74 Å². The Balaban J connectivity index is 2.02. The molecule has 2 unspecified atom stereocenters. The molecule has 0 amide bonds. The molecule has 0 spiro atoms. The van der Waals surface area contributed by atoms with Crippen LogP contribution in [0.3, 0.4) is 0 Å².